The second-order valence-corrected chi connectivity index (χ2v) is 3.90. The van der Waals surface area contributed by atoms with Crippen LogP contribution in [-0.4, -0.2) is 43.4 Å². The van der Waals surface area contributed by atoms with E-state index in [1.165, 1.54) is 4.90 Å². The molecular weight excluding hydrogens is 194 g/mol. The maximum atomic E-state index is 11.2. The number of nitrogens with zero attached hydrogens (tertiary/aromatic N) is 1. The highest BCUT2D eigenvalue weighted by Crippen LogP contribution is 1.93. The predicted octanol–water partition coefficient (Wildman–Crippen LogP) is -0.292. The zero-order valence-corrected chi connectivity index (χ0v) is 9.75. The van der Waals surface area contributed by atoms with Gasteiger partial charge < -0.3 is 16.0 Å². The number of amides is 2. The van der Waals surface area contributed by atoms with Crippen molar-refractivity contribution in [2.24, 2.45) is 5.73 Å². The molecule has 0 heterocycles. The van der Waals surface area contributed by atoms with Gasteiger partial charge in [-0.3, -0.25) is 9.59 Å². The highest BCUT2D eigenvalue weighted by Gasteiger charge is 2.06. The van der Waals surface area contributed by atoms with Gasteiger partial charge in [0.05, 0.1) is 0 Å². The Morgan fingerprint density at radius 1 is 1.33 bits per heavy atom. The zero-order valence-electron chi connectivity index (χ0n) is 9.75. The van der Waals surface area contributed by atoms with Gasteiger partial charge in [0.1, 0.15) is 0 Å². The van der Waals surface area contributed by atoms with E-state index >= 15 is 0 Å². The minimum absolute atomic E-state index is 0.0162. The number of hydrogen-bond donors (Lipinski definition) is 2. The van der Waals surface area contributed by atoms with E-state index in [-0.39, 0.29) is 17.9 Å². The van der Waals surface area contributed by atoms with E-state index in [0.29, 0.717) is 25.8 Å². The maximum absolute atomic E-state index is 11.2. The number of nitrogens with two attached hydrogens (primary N) is 1. The third kappa shape index (κ3) is 7.93. The molecular formula is C10H21N3O2. The molecule has 0 bridgehead atoms. The van der Waals surface area contributed by atoms with Crippen molar-refractivity contribution in [2.75, 3.05) is 20.6 Å². The molecule has 0 rings (SSSR count). The Morgan fingerprint density at radius 2 is 1.93 bits per heavy atom. The highest BCUT2D eigenvalue weighted by atomic mass is 16.2. The van der Waals surface area contributed by atoms with Crippen LogP contribution >= 0.6 is 0 Å². The molecule has 88 valence electrons. The summed E-state index contributed by atoms with van der Waals surface area (Å²) in [7, 11) is 3.39. The van der Waals surface area contributed by atoms with Crippen molar-refractivity contribution in [2.45, 2.75) is 32.2 Å². The standard InChI is InChI=1S/C10H21N3O2/c1-8(11)4-5-9(14)12-7-6-10(15)13(2)3/h8H,4-7,11H2,1-3H3,(H,12,14). The zero-order chi connectivity index (χ0) is 11.8. The molecule has 0 aliphatic heterocycles. The van der Waals surface area contributed by atoms with Crippen molar-refractivity contribution in [3.63, 3.8) is 0 Å². The molecule has 5 heteroatoms. The Bertz CT molecular complexity index is 215. The Kier molecular flexibility index (Phi) is 6.70. The van der Waals surface area contributed by atoms with Crippen LogP contribution in [0.15, 0.2) is 0 Å². The van der Waals surface area contributed by atoms with E-state index in [1.54, 1.807) is 14.1 Å². The summed E-state index contributed by atoms with van der Waals surface area (Å²) in [6.07, 6.45) is 1.44. The molecule has 0 fully saturated rings. The fourth-order valence-corrected chi connectivity index (χ4v) is 0.980. The number of carbonyl (C=O) groups is 2. The summed E-state index contributed by atoms with van der Waals surface area (Å²) in [5.41, 5.74) is 5.52. The lowest BCUT2D eigenvalue weighted by molar-refractivity contribution is -0.128. The molecule has 1 atom stereocenters. The van der Waals surface area contributed by atoms with Crippen LogP contribution in [0.1, 0.15) is 26.2 Å². The van der Waals surface area contributed by atoms with Gasteiger partial charge >= 0.3 is 0 Å². The lowest BCUT2D eigenvalue weighted by atomic mass is 10.2. The van der Waals surface area contributed by atoms with E-state index in [9.17, 15) is 9.59 Å². The lowest BCUT2D eigenvalue weighted by Crippen LogP contribution is -2.30. The van der Waals surface area contributed by atoms with Crippen LogP contribution in [-0.2, 0) is 9.59 Å². The first-order valence-corrected chi connectivity index (χ1v) is 5.16. The van der Waals surface area contributed by atoms with Gasteiger partial charge in [-0.15, -0.1) is 0 Å². The summed E-state index contributed by atoms with van der Waals surface area (Å²) < 4.78 is 0. The van der Waals surface area contributed by atoms with Gasteiger partial charge in [-0.25, -0.2) is 0 Å². The van der Waals surface area contributed by atoms with Crippen molar-refractivity contribution in [1.82, 2.24) is 10.2 Å². The Balaban J connectivity index is 3.51. The molecule has 0 aromatic carbocycles. The maximum Gasteiger partial charge on any atom is 0.223 e. The average molecular weight is 215 g/mol. The second kappa shape index (κ2) is 7.23. The van der Waals surface area contributed by atoms with Gasteiger partial charge in [0, 0.05) is 39.5 Å². The molecule has 1 unspecified atom stereocenters. The van der Waals surface area contributed by atoms with Gasteiger partial charge in [-0.05, 0) is 13.3 Å². The Hall–Kier alpha value is -1.10. The van der Waals surface area contributed by atoms with Crippen LogP contribution in [0.5, 0.6) is 0 Å². The number of carbonyl (C=O) groups excluding carboxylic acids is 2. The number of rotatable bonds is 6. The normalized spacial score (nSPS) is 12.0. The minimum atomic E-state index is -0.0427. The second-order valence-electron chi connectivity index (χ2n) is 3.90. The highest BCUT2D eigenvalue weighted by molar-refractivity contribution is 5.78. The Labute approximate surface area is 91.0 Å². The third-order valence-corrected chi connectivity index (χ3v) is 1.99. The van der Waals surface area contributed by atoms with Crippen LogP contribution in [0, 0.1) is 0 Å². The van der Waals surface area contributed by atoms with E-state index in [1.807, 2.05) is 6.92 Å². The van der Waals surface area contributed by atoms with Crippen LogP contribution < -0.4 is 11.1 Å². The topological polar surface area (TPSA) is 75.4 Å². The number of nitrogens with one attached hydrogen (secondary N) is 1. The van der Waals surface area contributed by atoms with Crippen LogP contribution in [0.2, 0.25) is 0 Å². The van der Waals surface area contributed by atoms with Gasteiger partial charge in [0.25, 0.3) is 0 Å². The lowest BCUT2D eigenvalue weighted by Gasteiger charge is -2.10. The molecule has 5 nitrogen and oxygen atoms in total. The fraction of sp³-hybridized carbons (Fsp3) is 0.800. The molecule has 0 aromatic rings. The van der Waals surface area contributed by atoms with E-state index in [4.69, 9.17) is 5.73 Å². The molecule has 0 spiro atoms. The van der Waals surface area contributed by atoms with Crippen molar-refractivity contribution in [3.8, 4) is 0 Å². The Morgan fingerprint density at radius 3 is 2.40 bits per heavy atom. The van der Waals surface area contributed by atoms with E-state index < -0.39 is 0 Å². The first-order chi connectivity index (χ1) is 6.93. The summed E-state index contributed by atoms with van der Waals surface area (Å²) in [5.74, 6) is -0.0265. The minimum Gasteiger partial charge on any atom is -0.356 e. The first kappa shape index (κ1) is 13.9. The molecule has 3 N–H and O–H groups in total. The summed E-state index contributed by atoms with van der Waals surface area (Å²) in [5, 5.41) is 2.68. The largest absolute Gasteiger partial charge is 0.356 e. The van der Waals surface area contributed by atoms with Crippen molar-refractivity contribution in [1.29, 1.82) is 0 Å². The molecule has 0 saturated heterocycles. The third-order valence-electron chi connectivity index (χ3n) is 1.99. The SMILES string of the molecule is CC(N)CCC(=O)NCCC(=O)N(C)C. The quantitative estimate of drug-likeness (QED) is 0.639. The first-order valence-electron chi connectivity index (χ1n) is 5.16. The monoisotopic (exact) mass is 215 g/mol. The summed E-state index contributed by atoms with van der Waals surface area (Å²) in [6, 6.07) is 0.0409. The van der Waals surface area contributed by atoms with Crippen LogP contribution in [0.25, 0.3) is 0 Å². The number of hydrogen-bond acceptors (Lipinski definition) is 3. The summed E-state index contributed by atoms with van der Waals surface area (Å²) >= 11 is 0. The molecule has 0 saturated carbocycles. The molecule has 15 heavy (non-hydrogen) atoms. The smallest absolute Gasteiger partial charge is 0.223 e. The van der Waals surface area contributed by atoms with Gasteiger partial charge in [-0.2, -0.15) is 0 Å². The average Bonchev–Trinajstić information content (AvgIpc) is 2.14. The summed E-state index contributed by atoms with van der Waals surface area (Å²) in [6.45, 7) is 2.26. The van der Waals surface area contributed by atoms with Gasteiger partial charge in [0.2, 0.25) is 11.8 Å². The predicted molar refractivity (Wildman–Crippen MR) is 59.2 cm³/mol. The van der Waals surface area contributed by atoms with Crippen LogP contribution in [0.3, 0.4) is 0 Å². The van der Waals surface area contributed by atoms with Crippen LogP contribution in [0.4, 0.5) is 0 Å². The molecule has 2 amide bonds. The molecule has 0 radical (unpaired) electrons. The van der Waals surface area contributed by atoms with Crippen molar-refractivity contribution in [3.05, 3.63) is 0 Å². The fourth-order valence-electron chi connectivity index (χ4n) is 0.980. The van der Waals surface area contributed by atoms with E-state index in [2.05, 4.69) is 5.32 Å². The van der Waals surface area contributed by atoms with Crippen molar-refractivity contribution >= 4 is 11.8 Å². The van der Waals surface area contributed by atoms with E-state index in [0.717, 1.165) is 0 Å². The van der Waals surface area contributed by atoms with Crippen molar-refractivity contribution < 1.29 is 9.59 Å². The molecule has 0 aliphatic rings. The van der Waals surface area contributed by atoms with Gasteiger partial charge in [-0.1, -0.05) is 0 Å². The van der Waals surface area contributed by atoms with Gasteiger partial charge in [0.15, 0.2) is 0 Å². The molecule has 0 aromatic heterocycles. The summed E-state index contributed by atoms with van der Waals surface area (Å²) in [4.78, 5) is 23.9. The molecule has 0 aliphatic carbocycles.